The molecule has 0 aromatic carbocycles. The van der Waals surface area contributed by atoms with Gasteiger partial charge < -0.3 is 10.1 Å². The van der Waals surface area contributed by atoms with Gasteiger partial charge in [-0.05, 0) is 6.92 Å². The number of guanidine groups is 1. The maximum atomic E-state index is 5.34. The van der Waals surface area contributed by atoms with Crippen LogP contribution in [0, 0.1) is 6.92 Å². The van der Waals surface area contributed by atoms with Gasteiger partial charge in [-0.15, -0.1) is 11.3 Å². The Hall–Kier alpha value is -1.18. The summed E-state index contributed by atoms with van der Waals surface area (Å²) < 4.78 is 4.90. The molecule has 1 aromatic rings. The number of aryl methyl sites for hydroxylation is 1. The largest absolute Gasteiger partial charge is 0.383 e. The van der Waals surface area contributed by atoms with Crippen LogP contribution in [-0.4, -0.2) is 37.7 Å². The van der Waals surface area contributed by atoms with Crippen LogP contribution in [0.2, 0.25) is 0 Å². The molecule has 0 fully saturated rings. The van der Waals surface area contributed by atoms with Gasteiger partial charge in [-0.1, -0.05) is 0 Å². The van der Waals surface area contributed by atoms with E-state index in [0.29, 0.717) is 19.1 Å². The summed E-state index contributed by atoms with van der Waals surface area (Å²) in [4.78, 5) is 8.57. The first-order valence-electron chi connectivity index (χ1n) is 5.41. The summed E-state index contributed by atoms with van der Waals surface area (Å²) in [6.45, 7) is 3.91. The molecule has 1 rings (SSSR count). The molecule has 96 valence electrons. The van der Waals surface area contributed by atoms with E-state index in [-0.39, 0.29) is 0 Å². The number of nitrogens with two attached hydrogens (primary N) is 1. The fourth-order valence-corrected chi connectivity index (χ4v) is 1.88. The summed E-state index contributed by atoms with van der Waals surface area (Å²) in [6, 6.07) is 0. The summed E-state index contributed by atoms with van der Waals surface area (Å²) in [5.74, 6) is 5.92. The Kier molecular flexibility index (Phi) is 6.53. The molecule has 0 saturated carbocycles. The van der Waals surface area contributed by atoms with E-state index in [1.54, 1.807) is 18.4 Å². The van der Waals surface area contributed by atoms with Crippen LogP contribution in [0.5, 0.6) is 0 Å². The van der Waals surface area contributed by atoms with Gasteiger partial charge in [0, 0.05) is 25.5 Å². The van der Waals surface area contributed by atoms with Crippen LogP contribution in [0.15, 0.2) is 10.4 Å². The predicted octanol–water partition coefficient (Wildman–Crippen LogP) is 0.0493. The zero-order valence-corrected chi connectivity index (χ0v) is 11.0. The lowest BCUT2D eigenvalue weighted by molar-refractivity contribution is 0.208. The Bertz CT molecular complexity index is 352. The molecule has 0 aliphatic rings. The average molecular weight is 257 g/mol. The maximum Gasteiger partial charge on any atom is 0.205 e. The number of methoxy groups -OCH3 is 1. The molecule has 6 nitrogen and oxygen atoms in total. The van der Waals surface area contributed by atoms with Crippen molar-refractivity contribution in [2.45, 2.75) is 13.3 Å². The van der Waals surface area contributed by atoms with Crippen molar-refractivity contribution in [2.75, 3.05) is 26.8 Å². The van der Waals surface area contributed by atoms with Gasteiger partial charge in [0.15, 0.2) is 0 Å². The normalized spacial score (nSPS) is 11.6. The summed E-state index contributed by atoms with van der Waals surface area (Å²) in [5.41, 5.74) is 3.61. The zero-order valence-electron chi connectivity index (χ0n) is 10.2. The second kappa shape index (κ2) is 7.99. The molecule has 0 aliphatic heterocycles. The third-order valence-electron chi connectivity index (χ3n) is 2.04. The highest BCUT2D eigenvalue weighted by molar-refractivity contribution is 7.09. The molecule has 0 amide bonds. The number of hydrogen-bond acceptors (Lipinski definition) is 5. The van der Waals surface area contributed by atoms with Gasteiger partial charge >= 0.3 is 0 Å². The Labute approximate surface area is 105 Å². The molecule has 0 bridgehead atoms. The third-order valence-corrected chi connectivity index (χ3v) is 2.86. The molecule has 0 atom stereocenters. The van der Waals surface area contributed by atoms with E-state index >= 15 is 0 Å². The van der Waals surface area contributed by atoms with Crippen molar-refractivity contribution in [3.63, 3.8) is 0 Å². The maximum absolute atomic E-state index is 5.34. The third kappa shape index (κ3) is 5.62. The number of nitrogens with zero attached hydrogens (tertiary/aromatic N) is 2. The highest BCUT2D eigenvalue weighted by Gasteiger charge is 1.99. The minimum Gasteiger partial charge on any atom is -0.383 e. The Morgan fingerprint density at radius 2 is 2.47 bits per heavy atom. The standard InChI is InChI=1S/C10H19N5OS/c1-8-14-9(7-17-8)3-4-12-10(15-11)13-5-6-16-2/h7H,3-6,11H2,1-2H3,(H2,12,13,15). The van der Waals surface area contributed by atoms with Crippen LogP contribution in [-0.2, 0) is 11.2 Å². The molecule has 7 heteroatoms. The summed E-state index contributed by atoms with van der Waals surface area (Å²) in [7, 11) is 1.64. The van der Waals surface area contributed by atoms with Crippen LogP contribution in [0.25, 0.3) is 0 Å². The molecule has 0 radical (unpaired) electrons. The van der Waals surface area contributed by atoms with Crippen molar-refractivity contribution in [3.8, 4) is 0 Å². The first kappa shape index (κ1) is 13.9. The zero-order chi connectivity index (χ0) is 12.5. The van der Waals surface area contributed by atoms with Gasteiger partial charge in [-0.2, -0.15) is 0 Å². The smallest absolute Gasteiger partial charge is 0.205 e. The number of aromatic nitrogens is 1. The lowest BCUT2D eigenvalue weighted by Crippen LogP contribution is -2.42. The molecule has 1 aromatic heterocycles. The number of ether oxygens (including phenoxy) is 1. The molecule has 0 unspecified atom stereocenters. The summed E-state index contributed by atoms with van der Waals surface area (Å²) in [5, 5.41) is 6.26. The second-order valence-corrected chi connectivity index (χ2v) is 4.46. The number of thiazole rings is 1. The van der Waals surface area contributed by atoms with Crippen LogP contribution < -0.4 is 16.6 Å². The molecule has 17 heavy (non-hydrogen) atoms. The quantitative estimate of drug-likeness (QED) is 0.220. The number of hydrogen-bond donors (Lipinski definition) is 3. The van der Waals surface area contributed by atoms with E-state index in [1.165, 1.54) is 0 Å². The number of hydrazine groups is 1. The predicted molar refractivity (Wildman–Crippen MR) is 70.1 cm³/mol. The fourth-order valence-electron chi connectivity index (χ4n) is 1.23. The minimum atomic E-state index is 0.578. The second-order valence-electron chi connectivity index (χ2n) is 3.40. The van der Waals surface area contributed by atoms with E-state index in [4.69, 9.17) is 10.6 Å². The number of nitrogens with one attached hydrogen (secondary N) is 2. The first-order valence-corrected chi connectivity index (χ1v) is 6.29. The van der Waals surface area contributed by atoms with Crippen molar-refractivity contribution in [1.82, 2.24) is 15.7 Å². The van der Waals surface area contributed by atoms with Crippen molar-refractivity contribution in [1.29, 1.82) is 0 Å². The van der Waals surface area contributed by atoms with E-state index in [0.717, 1.165) is 23.7 Å². The van der Waals surface area contributed by atoms with Crippen molar-refractivity contribution in [2.24, 2.45) is 10.8 Å². The molecular weight excluding hydrogens is 238 g/mol. The number of aliphatic imine (C=N–C) groups is 1. The topological polar surface area (TPSA) is 84.6 Å². The fraction of sp³-hybridized carbons (Fsp3) is 0.600. The lowest BCUT2D eigenvalue weighted by atomic mass is 10.3. The van der Waals surface area contributed by atoms with E-state index in [2.05, 4.69) is 26.1 Å². The van der Waals surface area contributed by atoms with Crippen molar-refractivity contribution < 1.29 is 4.74 Å². The first-order chi connectivity index (χ1) is 8.26. The molecule has 0 aliphatic carbocycles. The Balaban J connectivity index is 2.25. The Morgan fingerprint density at radius 1 is 1.65 bits per heavy atom. The van der Waals surface area contributed by atoms with Crippen LogP contribution >= 0.6 is 11.3 Å². The van der Waals surface area contributed by atoms with E-state index in [1.807, 2.05) is 6.92 Å². The average Bonchev–Trinajstić information content (AvgIpc) is 2.73. The van der Waals surface area contributed by atoms with E-state index < -0.39 is 0 Å². The van der Waals surface area contributed by atoms with Crippen LogP contribution in [0.4, 0.5) is 0 Å². The monoisotopic (exact) mass is 257 g/mol. The summed E-state index contributed by atoms with van der Waals surface area (Å²) >= 11 is 1.66. The van der Waals surface area contributed by atoms with Gasteiger partial charge in [0.05, 0.1) is 23.9 Å². The van der Waals surface area contributed by atoms with Gasteiger partial charge in [-0.25, -0.2) is 15.8 Å². The van der Waals surface area contributed by atoms with Gasteiger partial charge in [0.1, 0.15) is 0 Å². The molecule has 4 N–H and O–H groups in total. The van der Waals surface area contributed by atoms with Crippen molar-refractivity contribution in [3.05, 3.63) is 16.1 Å². The lowest BCUT2D eigenvalue weighted by Gasteiger charge is -2.08. The molecular formula is C10H19N5OS. The minimum absolute atomic E-state index is 0.578. The highest BCUT2D eigenvalue weighted by Crippen LogP contribution is 2.07. The van der Waals surface area contributed by atoms with Crippen molar-refractivity contribution >= 4 is 17.3 Å². The van der Waals surface area contributed by atoms with Gasteiger partial charge in [-0.3, -0.25) is 5.43 Å². The van der Waals surface area contributed by atoms with Crippen LogP contribution in [0.1, 0.15) is 10.7 Å². The summed E-state index contributed by atoms with van der Waals surface area (Å²) in [6.07, 6.45) is 0.856. The molecule has 0 saturated heterocycles. The molecule has 0 spiro atoms. The highest BCUT2D eigenvalue weighted by atomic mass is 32.1. The number of rotatable bonds is 6. The Morgan fingerprint density at radius 3 is 3.06 bits per heavy atom. The van der Waals surface area contributed by atoms with Gasteiger partial charge in [0.2, 0.25) is 5.96 Å². The SMILES string of the molecule is COCCN=C(NN)NCCc1csc(C)n1. The van der Waals surface area contributed by atoms with E-state index in [9.17, 15) is 0 Å². The van der Waals surface area contributed by atoms with Crippen LogP contribution in [0.3, 0.4) is 0 Å². The molecule has 1 heterocycles. The van der Waals surface area contributed by atoms with Gasteiger partial charge in [0.25, 0.3) is 0 Å².